The summed E-state index contributed by atoms with van der Waals surface area (Å²) in [5.74, 6) is -0.467. The maximum absolute atomic E-state index is 13.0. The Kier molecular flexibility index (Phi) is 5.19. The first-order valence-corrected chi connectivity index (χ1v) is 7.65. The third kappa shape index (κ3) is 4.57. The van der Waals surface area contributed by atoms with Crippen LogP contribution in [-0.4, -0.2) is 17.3 Å². The topological polar surface area (TPSA) is 29.1 Å². The van der Waals surface area contributed by atoms with Crippen molar-refractivity contribution in [2.75, 3.05) is 5.88 Å². The molecule has 0 saturated carbocycles. The highest BCUT2D eigenvalue weighted by molar-refractivity contribution is 6.27. The highest BCUT2D eigenvalue weighted by atomic mass is 35.5. The Morgan fingerprint density at radius 2 is 1.82 bits per heavy atom. The quantitative estimate of drug-likeness (QED) is 0.823. The zero-order valence-corrected chi connectivity index (χ0v) is 13.5. The maximum Gasteiger partial charge on any atom is 0.235 e. The lowest BCUT2D eigenvalue weighted by Gasteiger charge is -2.26. The molecule has 0 spiro atoms. The molecule has 0 bridgehead atoms. The zero-order valence-electron chi connectivity index (χ0n) is 12.7. The number of benzene rings is 2. The second kappa shape index (κ2) is 6.93. The van der Waals surface area contributed by atoms with E-state index in [-0.39, 0.29) is 23.1 Å². The fraction of sp³-hybridized carbons (Fsp3) is 0.278. The van der Waals surface area contributed by atoms with Gasteiger partial charge in [0.05, 0.1) is 0 Å². The van der Waals surface area contributed by atoms with Crippen LogP contribution in [-0.2, 0) is 11.2 Å². The lowest BCUT2D eigenvalue weighted by molar-refractivity contribution is -0.120. The van der Waals surface area contributed by atoms with Crippen LogP contribution in [0.1, 0.15) is 19.4 Å². The Balaban J connectivity index is 2.18. The van der Waals surface area contributed by atoms with Crippen molar-refractivity contribution in [1.82, 2.24) is 5.32 Å². The number of carbonyl (C=O) groups excluding carboxylic acids is 1. The van der Waals surface area contributed by atoms with Gasteiger partial charge in [0.25, 0.3) is 0 Å². The molecule has 116 valence electrons. The number of carbonyl (C=O) groups is 1. The predicted octanol–water partition coefficient (Wildman–Crippen LogP) is 4.17. The smallest absolute Gasteiger partial charge is 0.235 e. The Hall–Kier alpha value is -1.87. The van der Waals surface area contributed by atoms with Gasteiger partial charge in [-0.25, -0.2) is 4.39 Å². The Bertz CT molecular complexity index is 652. The van der Waals surface area contributed by atoms with Crippen molar-refractivity contribution in [2.45, 2.75) is 25.8 Å². The minimum absolute atomic E-state index is 0.0426. The summed E-state index contributed by atoms with van der Waals surface area (Å²) in [6.07, 6.45) is 0.685. The summed E-state index contributed by atoms with van der Waals surface area (Å²) in [6, 6.07) is 14.4. The van der Waals surface area contributed by atoms with Crippen molar-refractivity contribution < 1.29 is 9.18 Å². The van der Waals surface area contributed by atoms with Gasteiger partial charge in [-0.3, -0.25) is 4.79 Å². The number of amides is 1. The van der Waals surface area contributed by atoms with Crippen LogP contribution in [0.15, 0.2) is 48.5 Å². The Labute approximate surface area is 135 Å². The number of nitrogens with one attached hydrogen (secondary N) is 1. The van der Waals surface area contributed by atoms with E-state index >= 15 is 0 Å². The van der Waals surface area contributed by atoms with Crippen molar-refractivity contribution in [3.05, 3.63) is 59.9 Å². The van der Waals surface area contributed by atoms with Gasteiger partial charge in [-0.05, 0) is 49.1 Å². The molecule has 0 unspecified atom stereocenters. The summed E-state index contributed by atoms with van der Waals surface area (Å²) in [5.41, 5.74) is 2.71. The minimum atomic E-state index is -0.382. The molecule has 0 heterocycles. The van der Waals surface area contributed by atoms with Crippen molar-refractivity contribution >= 4 is 17.5 Å². The summed E-state index contributed by atoms with van der Waals surface area (Å²) in [5, 5.41) is 2.90. The van der Waals surface area contributed by atoms with Crippen molar-refractivity contribution in [1.29, 1.82) is 0 Å². The van der Waals surface area contributed by atoms with Crippen LogP contribution in [0.25, 0.3) is 11.1 Å². The van der Waals surface area contributed by atoms with Gasteiger partial charge in [0.15, 0.2) is 0 Å². The van der Waals surface area contributed by atoms with E-state index in [9.17, 15) is 9.18 Å². The Morgan fingerprint density at radius 1 is 1.14 bits per heavy atom. The summed E-state index contributed by atoms with van der Waals surface area (Å²) >= 11 is 5.54. The molecule has 2 aromatic carbocycles. The van der Waals surface area contributed by atoms with Gasteiger partial charge in [-0.15, -0.1) is 11.6 Å². The van der Waals surface area contributed by atoms with Crippen LogP contribution in [0, 0.1) is 5.82 Å². The highest BCUT2D eigenvalue weighted by Gasteiger charge is 2.20. The molecule has 1 N–H and O–H groups in total. The normalized spacial score (nSPS) is 11.3. The second-order valence-corrected chi connectivity index (χ2v) is 6.22. The van der Waals surface area contributed by atoms with E-state index in [0.29, 0.717) is 6.42 Å². The average molecular weight is 320 g/mol. The van der Waals surface area contributed by atoms with Crippen LogP contribution in [0.3, 0.4) is 0 Å². The fourth-order valence-corrected chi connectivity index (χ4v) is 2.54. The molecule has 2 nitrogen and oxygen atoms in total. The van der Waals surface area contributed by atoms with E-state index in [1.165, 1.54) is 12.1 Å². The molecule has 0 radical (unpaired) electrons. The second-order valence-electron chi connectivity index (χ2n) is 5.95. The number of halogens is 2. The number of alkyl halides is 1. The van der Waals surface area contributed by atoms with Crippen LogP contribution in [0.2, 0.25) is 0 Å². The lowest BCUT2D eigenvalue weighted by atomic mass is 9.92. The van der Waals surface area contributed by atoms with Gasteiger partial charge in [0, 0.05) is 5.54 Å². The molecule has 0 aliphatic heterocycles. The molecule has 1 amide bonds. The maximum atomic E-state index is 13.0. The van der Waals surface area contributed by atoms with E-state index in [4.69, 9.17) is 11.6 Å². The number of hydrogen-bond acceptors (Lipinski definition) is 1. The summed E-state index contributed by atoms with van der Waals surface area (Å²) in [7, 11) is 0. The Morgan fingerprint density at radius 3 is 2.45 bits per heavy atom. The molecular weight excluding hydrogens is 301 g/mol. The molecule has 2 aromatic rings. The third-order valence-electron chi connectivity index (χ3n) is 3.35. The monoisotopic (exact) mass is 319 g/mol. The third-order valence-corrected chi connectivity index (χ3v) is 3.59. The first-order valence-electron chi connectivity index (χ1n) is 7.11. The number of rotatable bonds is 5. The molecule has 0 aliphatic carbocycles. The molecule has 0 aromatic heterocycles. The number of hydrogen-bond donors (Lipinski definition) is 1. The van der Waals surface area contributed by atoms with Crippen molar-refractivity contribution in [3.63, 3.8) is 0 Å². The summed E-state index contributed by atoms with van der Waals surface area (Å²) < 4.78 is 13.0. The van der Waals surface area contributed by atoms with Gasteiger partial charge >= 0.3 is 0 Å². The lowest BCUT2D eigenvalue weighted by Crippen LogP contribution is -2.45. The van der Waals surface area contributed by atoms with Gasteiger partial charge in [0.2, 0.25) is 5.91 Å². The summed E-state index contributed by atoms with van der Waals surface area (Å²) in [6.45, 7) is 3.92. The van der Waals surface area contributed by atoms with Crippen molar-refractivity contribution in [3.8, 4) is 11.1 Å². The first kappa shape index (κ1) is 16.5. The molecule has 2 rings (SSSR count). The molecule has 22 heavy (non-hydrogen) atoms. The standard InChI is InChI=1S/C18H19ClFNO/c1-18(2,21-17(22)12-19)11-13-4-3-5-15(10-13)14-6-8-16(20)9-7-14/h3-10H,11-12H2,1-2H3,(H,21,22). The van der Waals surface area contributed by atoms with Gasteiger partial charge in [-0.1, -0.05) is 36.4 Å². The minimum Gasteiger partial charge on any atom is -0.350 e. The van der Waals surface area contributed by atoms with E-state index < -0.39 is 0 Å². The fourth-order valence-electron chi connectivity index (χ4n) is 2.47. The zero-order chi connectivity index (χ0) is 16.2. The highest BCUT2D eigenvalue weighted by Crippen LogP contribution is 2.23. The first-order chi connectivity index (χ1) is 10.4. The van der Waals surface area contributed by atoms with Crippen LogP contribution in [0.5, 0.6) is 0 Å². The van der Waals surface area contributed by atoms with Crippen molar-refractivity contribution in [2.24, 2.45) is 0 Å². The predicted molar refractivity (Wildman–Crippen MR) is 88.5 cm³/mol. The van der Waals surface area contributed by atoms with Crippen LogP contribution >= 0.6 is 11.6 Å². The summed E-state index contributed by atoms with van der Waals surface area (Å²) in [4.78, 5) is 11.5. The van der Waals surface area contributed by atoms with E-state index in [2.05, 4.69) is 11.4 Å². The SMILES string of the molecule is CC(C)(Cc1cccc(-c2ccc(F)cc2)c1)NC(=O)CCl. The molecule has 0 saturated heterocycles. The molecular formula is C18H19ClFNO. The van der Waals surface area contributed by atoms with Gasteiger partial charge in [0.1, 0.15) is 11.7 Å². The molecule has 0 atom stereocenters. The van der Waals surface area contributed by atoms with E-state index in [1.807, 2.05) is 32.0 Å². The van der Waals surface area contributed by atoms with Gasteiger partial charge in [-0.2, -0.15) is 0 Å². The molecule has 0 aliphatic rings. The largest absolute Gasteiger partial charge is 0.350 e. The van der Waals surface area contributed by atoms with Gasteiger partial charge < -0.3 is 5.32 Å². The molecule has 0 fully saturated rings. The molecule has 4 heteroatoms. The van der Waals surface area contributed by atoms with E-state index in [1.54, 1.807) is 12.1 Å². The van der Waals surface area contributed by atoms with E-state index in [0.717, 1.165) is 16.7 Å². The average Bonchev–Trinajstić information content (AvgIpc) is 2.47. The van der Waals surface area contributed by atoms with Crippen LogP contribution in [0.4, 0.5) is 4.39 Å². The van der Waals surface area contributed by atoms with Crippen LogP contribution < -0.4 is 5.32 Å².